The Kier molecular flexibility index (Phi) is 6.61. The number of ether oxygens (including phenoxy) is 3. The molecule has 0 fully saturated rings. The molecule has 1 N–H and O–H groups in total. The molecule has 1 unspecified atom stereocenters. The zero-order chi connectivity index (χ0) is 18.4. The summed E-state index contributed by atoms with van der Waals surface area (Å²) in [5.74, 6) is 0.678. The van der Waals surface area contributed by atoms with Gasteiger partial charge < -0.3 is 18.8 Å². The lowest BCUT2D eigenvalue weighted by Gasteiger charge is -2.16. The molecule has 0 spiro atoms. The van der Waals surface area contributed by atoms with Gasteiger partial charge in [-0.2, -0.15) is 5.26 Å². The number of aromatic nitrogens is 1. The molecule has 0 bridgehead atoms. The highest BCUT2D eigenvalue weighted by Crippen LogP contribution is 2.31. The van der Waals surface area contributed by atoms with E-state index in [-0.39, 0.29) is 23.9 Å². The van der Waals surface area contributed by atoms with Crippen molar-refractivity contribution in [2.75, 3.05) is 21.0 Å². The Balaban J connectivity index is 2.67. The molecule has 25 heavy (non-hydrogen) atoms. The molecule has 0 aliphatic heterocycles. The van der Waals surface area contributed by atoms with Crippen LogP contribution in [-0.2, 0) is 27.2 Å². The fourth-order valence-electron chi connectivity index (χ4n) is 2.39. The highest BCUT2D eigenvalue weighted by molar-refractivity contribution is 7.79. The van der Waals surface area contributed by atoms with E-state index in [0.717, 1.165) is 5.56 Å². The average Bonchev–Trinajstić information content (AvgIpc) is 2.62. The van der Waals surface area contributed by atoms with E-state index < -0.39 is 11.1 Å². The average molecular weight is 362 g/mol. The highest BCUT2D eigenvalue weighted by atomic mass is 32.2. The van der Waals surface area contributed by atoms with Crippen LogP contribution in [0.4, 0.5) is 0 Å². The molecule has 2 aromatic rings. The number of aryl methyl sites for hydroxylation is 1. The van der Waals surface area contributed by atoms with E-state index in [4.69, 9.17) is 14.2 Å². The maximum atomic E-state index is 11.9. The first-order chi connectivity index (χ1) is 12.0. The fraction of sp³-hybridized carbons (Fsp3) is 0.294. The fourth-order valence-corrected chi connectivity index (χ4v) is 3.12. The summed E-state index contributed by atoms with van der Waals surface area (Å²) in [6.45, 7) is 1.62. The molecule has 1 aromatic carbocycles. The summed E-state index contributed by atoms with van der Waals surface area (Å²) >= 11 is -2.37. The van der Waals surface area contributed by atoms with Gasteiger partial charge in [-0.05, 0) is 31.2 Å². The molecule has 0 aliphatic carbocycles. The zero-order valence-corrected chi connectivity index (χ0v) is 14.9. The van der Waals surface area contributed by atoms with Gasteiger partial charge in [0.1, 0.15) is 18.6 Å². The molecule has 2 rings (SSSR count). The molecule has 1 heterocycles. The molecular weight excluding hydrogens is 344 g/mol. The summed E-state index contributed by atoms with van der Waals surface area (Å²) in [6, 6.07) is 9.05. The Labute approximate surface area is 148 Å². The topological polar surface area (TPSA) is 102 Å². The molecule has 8 heteroatoms. The van der Waals surface area contributed by atoms with E-state index >= 15 is 0 Å². The van der Waals surface area contributed by atoms with Crippen molar-refractivity contribution in [3.05, 3.63) is 41.1 Å². The standard InChI is InChI=1S/C17H18N2O5S/c1-11-14(8-18)17(25(20)21)15(9-24-10-22-2)16(19-11)12-4-6-13(23-3)7-5-12/h4-7H,9-10H2,1-3H3,(H,20,21). The van der Waals surface area contributed by atoms with Crippen molar-refractivity contribution in [2.45, 2.75) is 18.4 Å². The summed E-state index contributed by atoms with van der Waals surface area (Å²) in [6.07, 6.45) is 0. The molecule has 1 aromatic heterocycles. The number of hydrogen-bond donors (Lipinski definition) is 1. The number of nitriles is 1. The number of rotatable bonds is 7. The molecular formula is C17H18N2O5S. The second-order valence-corrected chi connectivity index (χ2v) is 5.98. The predicted octanol–water partition coefficient (Wildman–Crippen LogP) is 2.64. The van der Waals surface area contributed by atoms with Crippen molar-refractivity contribution in [2.24, 2.45) is 0 Å². The lowest BCUT2D eigenvalue weighted by atomic mass is 10.0. The summed E-state index contributed by atoms with van der Waals surface area (Å²) in [5, 5.41) is 9.36. The van der Waals surface area contributed by atoms with Gasteiger partial charge in [0.05, 0.1) is 35.6 Å². The van der Waals surface area contributed by atoms with Crippen LogP contribution in [0.25, 0.3) is 11.3 Å². The van der Waals surface area contributed by atoms with Gasteiger partial charge in [0.2, 0.25) is 0 Å². The third-order valence-electron chi connectivity index (χ3n) is 3.53. The van der Waals surface area contributed by atoms with E-state index in [1.165, 1.54) is 7.11 Å². The summed E-state index contributed by atoms with van der Waals surface area (Å²) in [5.41, 5.74) is 2.03. The van der Waals surface area contributed by atoms with E-state index in [0.29, 0.717) is 22.7 Å². The monoisotopic (exact) mass is 362 g/mol. The van der Waals surface area contributed by atoms with Gasteiger partial charge in [-0.1, -0.05) is 0 Å². The second kappa shape index (κ2) is 8.69. The molecule has 0 radical (unpaired) electrons. The van der Waals surface area contributed by atoms with Crippen LogP contribution < -0.4 is 4.74 Å². The Bertz CT molecular complexity index is 815. The van der Waals surface area contributed by atoms with Crippen LogP contribution in [0.1, 0.15) is 16.8 Å². The van der Waals surface area contributed by atoms with E-state index in [2.05, 4.69) is 4.98 Å². The number of benzene rings is 1. The van der Waals surface area contributed by atoms with E-state index in [1.807, 2.05) is 6.07 Å². The first-order valence-electron chi connectivity index (χ1n) is 7.29. The van der Waals surface area contributed by atoms with Gasteiger partial charge in [0.15, 0.2) is 11.1 Å². The van der Waals surface area contributed by atoms with Crippen LogP contribution in [0, 0.1) is 18.3 Å². The van der Waals surface area contributed by atoms with Gasteiger partial charge in [0.25, 0.3) is 0 Å². The van der Waals surface area contributed by atoms with E-state index in [9.17, 15) is 14.0 Å². The summed E-state index contributed by atoms with van der Waals surface area (Å²) in [4.78, 5) is 4.47. The Morgan fingerprint density at radius 1 is 1.28 bits per heavy atom. The SMILES string of the molecule is COCOCc1c(-c2ccc(OC)cc2)nc(C)c(C#N)c1S(=O)O. The first kappa shape index (κ1) is 19.0. The van der Waals surface area contributed by atoms with Crippen LogP contribution in [0.5, 0.6) is 5.75 Å². The molecule has 7 nitrogen and oxygen atoms in total. The lowest BCUT2D eigenvalue weighted by Crippen LogP contribution is -2.10. The Morgan fingerprint density at radius 2 is 1.96 bits per heavy atom. The van der Waals surface area contributed by atoms with E-state index in [1.54, 1.807) is 38.3 Å². The number of nitrogens with zero attached hydrogens (tertiary/aromatic N) is 2. The largest absolute Gasteiger partial charge is 0.497 e. The van der Waals surface area contributed by atoms with Gasteiger partial charge in [-0.25, -0.2) is 4.21 Å². The van der Waals surface area contributed by atoms with Gasteiger partial charge in [-0.15, -0.1) is 0 Å². The minimum Gasteiger partial charge on any atom is -0.497 e. The minimum absolute atomic E-state index is 0.00925. The second-order valence-electron chi connectivity index (χ2n) is 5.07. The molecule has 132 valence electrons. The normalized spacial score (nSPS) is 11.8. The van der Waals surface area contributed by atoms with Gasteiger partial charge >= 0.3 is 0 Å². The molecule has 0 saturated heterocycles. The molecule has 0 aliphatic rings. The van der Waals surface area contributed by atoms with Crippen molar-refractivity contribution in [3.63, 3.8) is 0 Å². The predicted molar refractivity (Wildman–Crippen MR) is 91.4 cm³/mol. The third kappa shape index (κ3) is 4.21. The van der Waals surface area contributed by atoms with Crippen molar-refractivity contribution in [1.82, 2.24) is 4.98 Å². The van der Waals surface area contributed by atoms with Crippen molar-refractivity contribution in [3.8, 4) is 23.1 Å². The maximum absolute atomic E-state index is 11.9. The number of pyridine rings is 1. The highest BCUT2D eigenvalue weighted by Gasteiger charge is 2.23. The van der Waals surface area contributed by atoms with Crippen LogP contribution >= 0.6 is 0 Å². The summed E-state index contributed by atoms with van der Waals surface area (Å²) in [7, 11) is 3.04. The Morgan fingerprint density at radius 3 is 2.48 bits per heavy atom. The minimum atomic E-state index is -2.37. The first-order valence-corrected chi connectivity index (χ1v) is 8.39. The smallest absolute Gasteiger partial charge is 0.188 e. The molecule has 0 amide bonds. The van der Waals surface area contributed by atoms with Gasteiger partial charge in [0, 0.05) is 18.2 Å². The van der Waals surface area contributed by atoms with Crippen molar-refractivity contribution < 1.29 is 23.0 Å². The van der Waals surface area contributed by atoms with Crippen LogP contribution in [0.2, 0.25) is 0 Å². The molecule has 0 saturated carbocycles. The summed E-state index contributed by atoms with van der Waals surface area (Å²) < 4.78 is 37.0. The van der Waals surface area contributed by atoms with Crippen LogP contribution in [0.15, 0.2) is 29.2 Å². The van der Waals surface area contributed by atoms with Crippen LogP contribution in [-0.4, -0.2) is 34.8 Å². The maximum Gasteiger partial charge on any atom is 0.188 e. The quantitative estimate of drug-likeness (QED) is 0.459. The lowest BCUT2D eigenvalue weighted by molar-refractivity contribution is -0.0396. The van der Waals surface area contributed by atoms with Crippen molar-refractivity contribution >= 4 is 11.1 Å². The number of hydrogen-bond acceptors (Lipinski definition) is 6. The molecule has 1 atom stereocenters. The third-order valence-corrected chi connectivity index (χ3v) is 4.33. The number of methoxy groups -OCH3 is 2. The zero-order valence-electron chi connectivity index (χ0n) is 14.1. The van der Waals surface area contributed by atoms with Gasteiger partial charge in [-0.3, -0.25) is 4.98 Å². The Hall–Kier alpha value is -2.31. The van der Waals surface area contributed by atoms with Crippen LogP contribution in [0.3, 0.4) is 0 Å². The van der Waals surface area contributed by atoms with Crippen molar-refractivity contribution in [1.29, 1.82) is 5.26 Å².